The highest BCUT2D eigenvalue weighted by atomic mass is 16.5. The summed E-state index contributed by atoms with van der Waals surface area (Å²) in [5, 5.41) is 2.63. The van der Waals surface area contributed by atoms with Crippen LogP contribution in [0.1, 0.15) is 26.7 Å². The number of hydrogen-bond donors (Lipinski definition) is 1. The lowest BCUT2D eigenvalue weighted by Crippen LogP contribution is -2.65. The summed E-state index contributed by atoms with van der Waals surface area (Å²) in [6.45, 7) is 5.93. The highest BCUT2D eigenvalue weighted by molar-refractivity contribution is 5.97. The van der Waals surface area contributed by atoms with E-state index >= 15 is 0 Å². The molecule has 0 saturated carbocycles. The minimum absolute atomic E-state index is 0.0149. The number of nitrogens with one attached hydrogen (secondary N) is 1. The predicted molar refractivity (Wildman–Crippen MR) is 62.3 cm³/mol. The van der Waals surface area contributed by atoms with E-state index in [1.807, 2.05) is 0 Å². The van der Waals surface area contributed by atoms with Crippen molar-refractivity contribution >= 4 is 11.8 Å². The van der Waals surface area contributed by atoms with Gasteiger partial charge in [0.2, 0.25) is 11.8 Å². The Kier molecular flexibility index (Phi) is 3.38. The number of hydrogen-bond acceptors (Lipinski definition) is 3. The van der Waals surface area contributed by atoms with E-state index in [2.05, 4.69) is 5.32 Å². The molecule has 0 aromatic carbocycles. The van der Waals surface area contributed by atoms with Crippen LogP contribution in [0.15, 0.2) is 0 Å². The second kappa shape index (κ2) is 4.64. The lowest BCUT2D eigenvalue weighted by Gasteiger charge is -2.43. The van der Waals surface area contributed by atoms with Gasteiger partial charge >= 0.3 is 0 Å². The highest BCUT2D eigenvalue weighted by Crippen LogP contribution is 2.24. The van der Waals surface area contributed by atoms with Gasteiger partial charge in [-0.25, -0.2) is 0 Å². The van der Waals surface area contributed by atoms with Crippen molar-refractivity contribution in [2.75, 3.05) is 26.3 Å². The Morgan fingerprint density at radius 2 is 2.00 bits per heavy atom. The molecule has 2 amide bonds. The zero-order chi connectivity index (χ0) is 12.5. The molecule has 2 aliphatic rings. The molecule has 0 aromatic rings. The Balaban J connectivity index is 2.05. The van der Waals surface area contributed by atoms with E-state index < -0.39 is 5.54 Å². The van der Waals surface area contributed by atoms with Gasteiger partial charge in [0.15, 0.2) is 0 Å². The molecule has 0 atom stereocenters. The van der Waals surface area contributed by atoms with Gasteiger partial charge in [0.1, 0.15) is 5.54 Å². The van der Waals surface area contributed by atoms with Crippen LogP contribution in [0.4, 0.5) is 0 Å². The molecule has 5 nitrogen and oxygen atoms in total. The first-order valence-electron chi connectivity index (χ1n) is 6.18. The van der Waals surface area contributed by atoms with Gasteiger partial charge < -0.3 is 15.0 Å². The van der Waals surface area contributed by atoms with E-state index in [1.54, 1.807) is 18.7 Å². The monoisotopic (exact) mass is 240 g/mol. The minimum atomic E-state index is -0.729. The summed E-state index contributed by atoms with van der Waals surface area (Å²) >= 11 is 0. The normalized spacial score (nSPS) is 25.9. The summed E-state index contributed by atoms with van der Waals surface area (Å²) in [6, 6.07) is 0. The molecule has 0 radical (unpaired) electrons. The fraction of sp³-hybridized carbons (Fsp3) is 0.833. The largest absolute Gasteiger partial charge is 0.381 e. The number of amides is 2. The topological polar surface area (TPSA) is 58.6 Å². The smallest absolute Gasteiger partial charge is 0.245 e. The number of carbonyl (C=O) groups is 2. The molecule has 2 rings (SSSR count). The zero-order valence-corrected chi connectivity index (χ0v) is 10.5. The number of piperazine rings is 1. The van der Waals surface area contributed by atoms with Crippen molar-refractivity contribution in [3.05, 3.63) is 0 Å². The predicted octanol–water partition coefficient (Wildman–Crippen LogP) is 0.150. The molecule has 0 spiro atoms. The average molecular weight is 240 g/mol. The fourth-order valence-electron chi connectivity index (χ4n) is 2.42. The standard InChI is InChI=1S/C12H20N2O3/c1-12(2)11(16)13-7-10(15)14(12)8-9-3-5-17-6-4-9/h9H,3-8H2,1-2H3,(H,13,16). The van der Waals surface area contributed by atoms with Gasteiger partial charge in [0.25, 0.3) is 0 Å². The fourth-order valence-corrected chi connectivity index (χ4v) is 2.42. The molecule has 0 unspecified atom stereocenters. The molecule has 1 N–H and O–H groups in total. The SMILES string of the molecule is CC1(C)C(=O)NCC(=O)N1CC1CCOCC1. The molecule has 5 heteroatoms. The van der Waals surface area contributed by atoms with Gasteiger partial charge in [-0.3, -0.25) is 9.59 Å². The number of ether oxygens (including phenoxy) is 1. The van der Waals surface area contributed by atoms with Gasteiger partial charge in [-0.2, -0.15) is 0 Å². The van der Waals surface area contributed by atoms with E-state index in [9.17, 15) is 9.59 Å². The number of nitrogens with zero attached hydrogens (tertiary/aromatic N) is 1. The zero-order valence-electron chi connectivity index (χ0n) is 10.5. The van der Waals surface area contributed by atoms with Crippen molar-refractivity contribution in [1.29, 1.82) is 0 Å². The van der Waals surface area contributed by atoms with Crippen molar-refractivity contribution < 1.29 is 14.3 Å². The van der Waals surface area contributed by atoms with Crippen molar-refractivity contribution in [3.8, 4) is 0 Å². The average Bonchev–Trinajstić information content (AvgIpc) is 2.32. The second-order valence-electron chi connectivity index (χ2n) is 5.30. The molecule has 0 aromatic heterocycles. The van der Waals surface area contributed by atoms with Crippen LogP contribution in [0.5, 0.6) is 0 Å². The maximum atomic E-state index is 11.9. The lowest BCUT2D eigenvalue weighted by molar-refractivity contribution is -0.152. The molecule has 0 bridgehead atoms. The third kappa shape index (κ3) is 2.44. The van der Waals surface area contributed by atoms with Crippen LogP contribution in [-0.4, -0.2) is 48.6 Å². The van der Waals surface area contributed by atoms with Crippen molar-refractivity contribution in [2.24, 2.45) is 5.92 Å². The van der Waals surface area contributed by atoms with E-state index in [0.29, 0.717) is 12.5 Å². The Morgan fingerprint density at radius 1 is 1.35 bits per heavy atom. The second-order valence-corrected chi connectivity index (χ2v) is 5.30. The summed E-state index contributed by atoms with van der Waals surface area (Å²) in [7, 11) is 0. The Hall–Kier alpha value is -1.10. The van der Waals surface area contributed by atoms with E-state index in [-0.39, 0.29) is 18.4 Å². The molecule has 96 valence electrons. The van der Waals surface area contributed by atoms with Crippen molar-refractivity contribution in [2.45, 2.75) is 32.2 Å². The molecule has 0 aliphatic carbocycles. The van der Waals surface area contributed by atoms with Crippen LogP contribution in [0, 0.1) is 5.92 Å². The van der Waals surface area contributed by atoms with Crippen LogP contribution in [0.25, 0.3) is 0 Å². The molecular formula is C12H20N2O3. The van der Waals surface area contributed by atoms with Crippen molar-refractivity contribution in [3.63, 3.8) is 0 Å². The quantitative estimate of drug-likeness (QED) is 0.747. The van der Waals surface area contributed by atoms with Crippen LogP contribution >= 0.6 is 0 Å². The molecule has 2 heterocycles. The van der Waals surface area contributed by atoms with Gasteiger partial charge in [0.05, 0.1) is 6.54 Å². The van der Waals surface area contributed by atoms with Gasteiger partial charge in [-0.15, -0.1) is 0 Å². The summed E-state index contributed by atoms with van der Waals surface area (Å²) < 4.78 is 5.31. The molecule has 2 fully saturated rings. The Bertz CT molecular complexity index is 322. The highest BCUT2D eigenvalue weighted by Gasteiger charge is 2.42. The molecular weight excluding hydrogens is 220 g/mol. The minimum Gasteiger partial charge on any atom is -0.381 e. The number of carbonyl (C=O) groups excluding carboxylic acids is 2. The van der Waals surface area contributed by atoms with Crippen LogP contribution < -0.4 is 5.32 Å². The van der Waals surface area contributed by atoms with E-state index in [0.717, 1.165) is 26.1 Å². The molecule has 2 aliphatic heterocycles. The summed E-state index contributed by atoms with van der Waals surface area (Å²) in [5.41, 5.74) is -0.729. The Morgan fingerprint density at radius 3 is 2.65 bits per heavy atom. The summed E-state index contributed by atoms with van der Waals surface area (Å²) in [5.74, 6) is 0.406. The summed E-state index contributed by atoms with van der Waals surface area (Å²) in [4.78, 5) is 25.4. The van der Waals surface area contributed by atoms with E-state index in [1.165, 1.54) is 0 Å². The maximum absolute atomic E-state index is 11.9. The van der Waals surface area contributed by atoms with Crippen LogP contribution in [0.2, 0.25) is 0 Å². The first-order chi connectivity index (χ1) is 8.01. The van der Waals surface area contributed by atoms with Gasteiger partial charge in [-0.05, 0) is 32.6 Å². The first kappa shape index (κ1) is 12.4. The molecule has 2 saturated heterocycles. The van der Waals surface area contributed by atoms with Crippen molar-refractivity contribution in [1.82, 2.24) is 10.2 Å². The first-order valence-corrected chi connectivity index (χ1v) is 6.18. The lowest BCUT2D eigenvalue weighted by atomic mass is 9.93. The van der Waals surface area contributed by atoms with Gasteiger partial charge in [-0.1, -0.05) is 0 Å². The van der Waals surface area contributed by atoms with E-state index in [4.69, 9.17) is 4.74 Å². The third-order valence-electron chi connectivity index (χ3n) is 3.71. The maximum Gasteiger partial charge on any atom is 0.245 e. The van der Waals surface area contributed by atoms with Gasteiger partial charge in [0, 0.05) is 19.8 Å². The van der Waals surface area contributed by atoms with Crippen LogP contribution in [-0.2, 0) is 14.3 Å². The third-order valence-corrected chi connectivity index (χ3v) is 3.71. The van der Waals surface area contributed by atoms with Crippen LogP contribution in [0.3, 0.4) is 0 Å². The number of rotatable bonds is 2. The Labute approximate surface area is 101 Å². The summed E-state index contributed by atoms with van der Waals surface area (Å²) in [6.07, 6.45) is 1.95. The molecule has 17 heavy (non-hydrogen) atoms.